The van der Waals surface area contributed by atoms with Gasteiger partial charge in [-0.05, 0) is 13.0 Å². The van der Waals surface area contributed by atoms with Crippen molar-refractivity contribution in [2.45, 2.75) is 6.92 Å². The number of H-pyrrole nitrogens is 1. The molecule has 12 heavy (non-hydrogen) atoms. The fraction of sp³-hybridized carbons (Fsp3) is 0.111. The van der Waals surface area contributed by atoms with Crippen LogP contribution in [0.1, 0.15) is 5.56 Å². The number of aryl methyl sites for hydroxylation is 1. The van der Waals surface area contributed by atoms with Crippen LogP contribution in [0.5, 0.6) is 0 Å². The molecular formula is C9H9N3. The van der Waals surface area contributed by atoms with Crippen LogP contribution >= 0.6 is 0 Å². The van der Waals surface area contributed by atoms with Gasteiger partial charge in [0.15, 0.2) is 7.24 Å². The largest absolute Gasteiger partial charge is 0.265 e. The van der Waals surface area contributed by atoms with Crippen LogP contribution in [0, 0.1) is 6.92 Å². The summed E-state index contributed by atoms with van der Waals surface area (Å²) in [7, 11) is 0. The molecule has 2 aromatic rings. The Morgan fingerprint density at radius 2 is 2.42 bits per heavy atom. The van der Waals surface area contributed by atoms with Gasteiger partial charge in [0.1, 0.15) is 6.33 Å². The van der Waals surface area contributed by atoms with Crippen molar-refractivity contribution < 1.29 is 1.41 Å². The zero-order chi connectivity index (χ0) is 9.26. The molecule has 3 nitrogen and oxygen atoms in total. The first-order valence-electron chi connectivity index (χ1n) is 4.18. The molecular weight excluding hydrogens is 150 g/mol. The van der Waals surface area contributed by atoms with E-state index in [-0.39, 0.29) is 0 Å². The second-order valence-corrected chi connectivity index (χ2v) is 2.65. The van der Waals surface area contributed by atoms with Crippen molar-refractivity contribution in [3.8, 4) is 11.4 Å². The van der Waals surface area contributed by atoms with Crippen molar-refractivity contribution in [2.75, 3.05) is 0 Å². The molecule has 60 valence electrons. The number of nitrogens with one attached hydrogen (secondary N) is 1. The topological polar surface area (TPSA) is 41.6 Å². The molecule has 0 aliphatic carbocycles. The highest BCUT2D eigenvalue weighted by molar-refractivity contribution is 5.54. The molecule has 0 bridgehead atoms. The smallest absolute Gasteiger partial charge is 0.191 e. The summed E-state index contributed by atoms with van der Waals surface area (Å²) in [5.74, 6) is 0.596. The van der Waals surface area contributed by atoms with Gasteiger partial charge in [-0.25, -0.2) is 4.98 Å². The fourth-order valence-electron chi connectivity index (χ4n) is 1.10. The zero-order valence-electron chi connectivity index (χ0n) is 7.73. The van der Waals surface area contributed by atoms with E-state index in [1.54, 1.807) is 0 Å². The molecule has 0 saturated carbocycles. The van der Waals surface area contributed by atoms with Crippen LogP contribution in [-0.4, -0.2) is 15.2 Å². The third kappa shape index (κ3) is 1.21. The Morgan fingerprint density at radius 1 is 1.50 bits per heavy atom. The number of hydrogen-bond acceptors (Lipinski definition) is 2. The Morgan fingerprint density at radius 3 is 3.08 bits per heavy atom. The number of rotatable bonds is 1. The van der Waals surface area contributed by atoms with Gasteiger partial charge in [0, 0.05) is 5.56 Å². The third-order valence-corrected chi connectivity index (χ3v) is 1.66. The Kier molecular flexibility index (Phi) is 1.37. The minimum atomic E-state index is 0.596. The maximum absolute atomic E-state index is 7.16. The molecule has 3 heteroatoms. The van der Waals surface area contributed by atoms with E-state index >= 15 is 0 Å². The molecule has 1 heterocycles. The molecule has 0 fully saturated rings. The number of hydrogen-bond donors (Lipinski definition) is 1. The molecule has 2 rings (SSSR count). The third-order valence-electron chi connectivity index (χ3n) is 1.66. The van der Waals surface area contributed by atoms with Gasteiger partial charge in [-0.15, -0.1) is 0 Å². The monoisotopic (exact) mass is 160 g/mol. The molecule has 0 atom stereocenters. The fourth-order valence-corrected chi connectivity index (χ4v) is 1.10. The highest BCUT2D eigenvalue weighted by atomic mass is 15.2. The summed E-state index contributed by atoms with van der Waals surface area (Å²) in [6, 6.07) is 7.90. The average Bonchev–Trinajstić information content (AvgIpc) is 2.52. The van der Waals surface area contributed by atoms with Gasteiger partial charge in [0.25, 0.3) is 0 Å². The molecule has 0 aliphatic heterocycles. The van der Waals surface area contributed by atoms with Crippen LogP contribution in [0.3, 0.4) is 0 Å². The lowest BCUT2D eigenvalue weighted by atomic mass is 10.1. The standard InChI is InChI=1S/C9H9N3/c1-7-3-2-4-8(5-7)9-10-6-11-12-9/h2-6H,1H3,(H,10,11,12)/i/hD. The molecule has 0 aliphatic rings. The highest BCUT2D eigenvalue weighted by Crippen LogP contribution is 2.14. The van der Waals surface area contributed by atoms with E-state index in [4.69, 9.17) is 1.41 Å². The maximum Gasteiger partial charge on any atom is 0.191 e. The number of benzene rings is 1. The molecule has 0 radical (unpaired) electrons. The minimum Gasteiger partial charge on any atom is -0.265 e. The van der Waals surface area contributed by atoms with Crippen LogP contribution in [0.2, 0.25) is 1.41 Å². The molecule has 0 saturated heterocycles. The molecule has 1 aromatic heterocycles. The van der Waals surface area contributed by atoms with Crippen molar-refractivity contribution in [1.29, 1.82) is 0 Å². The summed E-state index contributed by atoms with van der Waals surface area (Å²) in [5, 5.41) is 4.85. The van der Waals surface area contributed by atoms with Gasteiger partial charge >= 0.3 is 0 Å². The van der Waals surface area contributed by atoms with Gasteiger partial charge < -0.3 is 0 Å². The van der Waals surface area contributed by atoms with Crippen molar-refractivity contribution in [3.63, 3.8) is 0 Å². The summed E-state index contributed by atoms with van der Waals surface area (Å²) in [6.07, 6.45) is 1.37. The number of aromatic nitrogens is 3. The summed E-state index contributed by atoms with van der Waals surface area (Å²) in [6.45, 7) is 2.02. The lowest BCUT2D eigenvalue weighted by Gasteiger charge is -1.95. The van der Waals surface area contributed by atoms with Crippen molar-refractivity contribution >= 4 is 0 Å². The van der Waals surface area contributed by atoms with Crippen LogP contribution in [0.25, 0.3) is 11.4 Å². The average molecular weight is 160 g/mol. The summed E-state index contributed by atoms with van der Waals surface area (Å²) >= 11 is 0. The van der Waals surface area contributed by atoms with E-state index in [9.17, 15) is 0 Å². The van der Waals surface area contributed by atoms with Gasteiger partial charge in [-0.2, -0.15) is 5.10 Å². The Bertz CT molecular complexity index is 422. The normalized spacial score (nSPS) is 11.2. The van der Waals surface area contributed by atoms with Crippen LogP contribution in [0.15, 0.2) is 30.6 Å². The van der Waals surface area contributed by atoms with E-state index in [0.717, 1.165) is 10.7 Å². The molecule has 1 N–H and O–H groups in total. The van der Waals surface area contributed by atoms with Crippen molar-refractivity contribution in [2.24, 2.45) is 0 Å². The van der Waals surface area contributed by atoms with Crippen LogP contribution in [0.4, 0.5) is 0 Å². The highest BCUT2D eigenvalue weighted by Gasteiger charge is 1.99. The van der Waals surface area contributed by atoms with E-state index < -0.39 is 0 Å². The SMILES string of the molecule is [2H]n1cnc(-c2cccc(C)c2)n1. The van der Waals surface area contributed by atoms with Crippen LogP contribution in [-0.2, 0) is 0 Å². The molecule has 0 amide bonds. The van der Waals surface area contributed by atoms with Crippen LogP contribution < -0.4 is 0 Å². The zero-order valence-corrected chi connectivity index (χ0v) is 6.73. The van der Waals surface area contributed by atoms with Gasteiger partial charge in [0.05, 0.1) is 0 Å². The maximum atomic E-state index is 7.16. The van der Waals surface area contributed by atoms with E-state index in [1.165, 1.54) is 11.9 Å². The molecule has 0 unspecified atom stereocenters. The molecule has 1 aromatic carbocycles. The summed E-state index contributed by atoms with van der Waals surface area (Å²) in [4.78, 5) is 3.99. The number of aromatic amines is 1. The Balaban J connectivity index is 2.46. The van der Waals surface area contributed by atoms with E-state index in [1.807, 2.05) is 31.2 Å². The summed E-state index contributed by atoms with van der Waals surface area (Å²) in [5.41, 5.74) is 2.12. The second kappa shape index (κ2) is 2.77. The lowest BCUT2D eigenvalue weighted by molar-refractivity contribution is 1.09. The van der Waals surface area contributed by atoms with Gasteiger partial charge in [0.2, 0.25) is 0 Å². The first kappa shape index (κ1) is 5.94. The first-order valence-corrected chi connectivity index (χ1v) is 3.73. The Hall–Kier alpha value is -1.64. The minimum absolute atomic E-state index is 0.596. The number of nitrogens with zero attached hydrogens (tertiary/aromatic N) is 2. The Labute approximate surface area is 71.9 Å². The van der Waals surface area contributed by atoms with Gasteiger partial charge in [-0.3, -0.25) is 5.09 Å². The second-order valence-electron chi connectivity index (χ2n) is 2.65. The van der Waals surface area contributed by atoms with Gasteiger partial charge in [-0.1, -0.05) is 23.8 Å². The molecule has 0 spiro atoms. The first-order chi connectivity index (χ1) is 6.25. The van der Waals surface area contributed by atoms with Crippen molar-refractivity contribution in [3.05, 3.63) is 36.2 Å². The predicted octanol–water partition coefficient (Wildman–Crippen LogP) is 1.78. The lowest BCUT2D eigenvalue weighted by Crippen LogP contribution is -1.81. The van der Waals surface area contributed by atoms with E-state index in [2.05, 4.69) is 10.1 Å². The van der Waals surface area contributed by atoms with Crippen molar-refractivity contribution in [1.82, 2.24) is 15.2 Å². The van der Waals surface area contributed by atoms with E-state index in [0.29, 0.717) is 5.82 Å². The predicted molar refractivity (Wildman–Crippen MR) is 46.6 cm³/mol. The quantitative estimate of drug-likeness (QED) is 0.690. The summed E-state index contributed by atoms with van der Waals surface area (Å²) < 4.78 is 7.16.